The molecular formula is C16H25NO. The summed E-state index contributed by atoms with van der Waals surface area (Å²) < 4.78 is 5.65. The number of hydrogen-bond donors (Lipinski definition) is 1. The Labute approximate surface area is 111 Å². The summed E-state index contributed by atoms with van der Waals surface area (Å²) in [6.07, 6.45) is 5.05. The van der Waals surface area contributed by atoms with Crippen LogP contribution in [0.1, 0.15) is 41.5 Å². The normalized spacial score (nSPS) is 19.9. The van der Waals surface area contributed by atoms with E-state index in [-0.39, 0.29) is 0 Å². The second-order valence-electron chi connectivity index (χ2n) is 5.50. The third-order valence-corrected chi connectivity index (χ3v) is 4.18. The summed E-state index contributed by atoms with van der Waals surface area (Å²) in [4.78, 5) is 0. The fourth-order valence-corrected chi connectivity index (χ4v) is 2.98. The van der Waals surface area contributed by atoms with E-state index in [1.165, 1.54) is 41.5 Å². The average molecular weight is 247 g/mol. The summed E-state index contributed by atoms with van der Waals surface area (Å²) in [6.45, 7) is 7.68. The van der Waals surface area contributed by atoms with E-state index in [9.17, 15) is 0 Å². The van der Waals surface area contributed by atoms with Crippen LogP contribution in [0.15, 0.2) is 6.07 Å². The van der Waals surface area contributed by atoms with Gasteiger partial charge >= 0.3 is 0 Å². The Morgan fingerprint density at radius 3 is 2.61 bits per heavy atom. The molecule has 1 atom stereocenters. The molecule has 1 aromatic carbocycles. The van der Waals surface area contributed by atoms with Crippen molar-refractivity contribution in [2.75, 3.05) is 13.7 Å². The molecule has 1 fully saturated rings. The Bertz CT molecular complexity index is 420. The van der Waals surface area contributed by atoms with Crippen LogP contribution in [0.3, 0.4) is 0 Å². The molecule has 1 aliphatic rings. The Morgan fingerprint density at radius 1 is 1.22 bits per heavy atom. The predicted octanol–water partition coefficient (Wildman–Crippen LogP) is 3.31. The lowest BCUT2D eigenvalue weighted by Crippen LogP contribution is -2.35. The molecule has 2 nitrogen and oxygen atoms in total. The zero-order chi connectivity index (χ0) is 13.1. The van der Waals surface area contributed by atoms with Crippen LogP contribution in [0.5, 0.6) is 5.75 Å². The molecule has 0 aromatic heterocycles. The van der Waals surface area contributed by atoms with Crippen molar-refractivity contribution in [3.63, 3.8) is 0 Å². The van der Waals surface area contributed by atoms with Crippen molar-refractivity contribution < 1.29 is 4.74 Å². The molecular weight excluding hydrogens is 222 g/mol. The summed E-state index contributed by atoms with van der Waals surface area (Å²) in [6, 6.07) is 2.91. The van der Waals surface area contributed by atoms with Crippen molar-refractivity contribution >= 4 is 0 Å². The summed E-state index contributed by atoms with van der Waals surface area (Å²) in [5.41, 5.74) is 5.36. The van der Waals surface area contributed by atoms with Gasteiger partial charge in [-0.1, -0.05) is 12.5 Å². The van der Waals surface area contributed by atoms with Crippen molar-refractivity contribution in [1.29, 1.82) is 0 Å². The highest BCUT2D eigenvalue weighted by Gasteiger charge is 2.18. The fourth-order valence-electron chi connectivity index (χ4n) is 2.98. The molecule has 100 valence electrons. The molecule has 18 heavy (non-hydrogen) atoms. The van der Waals surface area contributed by atoms with Crippen LogP contribution < -0.4 is 10.1 Å². The zero-order valence-corrected chi connectivity index (χ0v) is 12.1. The van der Waals surface area contributed by atoms with Gasteiger partial charge in [0, 0.05) is 6.04 Å². The predicted molar refractivity (Wildman–Crippen MR) is 76.6 cm³/mol. The first kappa shape index (κ1) is 13.4. The van der Waals surface area contributed by atoms with Gasteiger partial charge in [-0.15, -0.1) is 0 Å². The molecule has 1 N–H and O–H groups in total. The van der Waals surface area contributed by atoms with Crippen LogP contribution in [-0.4, -0.2) is 19.7 Å². The molecule has 0 aliphatic carbocycles. The minimum atomic E-state index is 0.619. The standard InChI is InChI=1S/C16H25NO/c1-11-9-12(2)15(16(18-4)13(11)3)10-14-7-5-6-8-17-14/h9,14,17H,5-8,10H2,1-4H3. The molecule has 2 rings (SSSR count). The van der Waals surface area contributed by atoms with Crippen LogP contribution in [0.4, 0.5) is 0 Å². The van der Waals surface area contributed by atoms with Gasteiger partial charge in [0.15, 0.2) is 0 Å². The van der Waals surface area contributed by atoms with Gasteiger partial charge in [-0.2, -0.15) is 0 Å². The Kier molecular flexibility index (Phi) is 4.28. The number of ether oxygens (including phenoxy) is 1. The molecule has 1 saturated heterocycles. The lowest BCUT2D eigenvalue weighted by molar-refractivity contribution is 0.379. The summed E-state index contributed by atoms with van der Waals surface area (Å²) in [5, 5.41) is 3.62. The fraction of sp³-hybridized carbons (Fsp3) is 0.625. The third-order valence-electron chi connectivity index (χ3n) is 4.18. The van der Waals surface area contributed by atoms with Gasteiger partial charge in [0.05, 0.1) is 7.11 Å². The van der Waals surface area contributed by atoms with Gasteiger partial charge in [0.2, 0.25) is 0 Å². The van der Waals surface area contributed by atoms with E-state index < -0.39 is 0 Å². The second-order valence-corrected chi connectivity index (χ2v) is 5.50. The monoisotopic (exact) mass is 247 g/mol. The maximum atomic E-state index is 5.65. The highest BCUT2D eigenvalue weighted by atomic mass is 16.5. The smallest absolute Gasteiger partial charge is 0.125 e. The van der Waals surface area contributed by atoms with Crippen LogP contribution in [0.2, 0.25) is 0 Å². The van der Waals surface area contributed by atoms with E-state index in [1.807, 2.05) is 0 Å². The quantitative estimate of drug-likeness (QED) is 0.885. The zero-order valence-electron chi connectivity index (χ0n) is 12.1. The molecule has 1 unspecified atom stereocenters. The number of hydrogen-bond acceptors (Lipinski definition) is 2. The van der Waals surface area contributed by atoms with Crippen LogP contribution >= 0.6 is 0 Å². The maximum absolute atomic E-state index is 5.65. The van der Waals surface area contributed by atoms with Crippen molar-refractivity contribution in [3.05, 3.63) is 28.3 Å². The largest absolute Gasteiger partial charge is 0.496 e. The van der Waals surface area contributed by atoms with Crippen molar-refractivity contribution in [3.8, 4) is 5.75 Å². The number of aryl methyl sites for hydroxylation is 2. The lowest BCUT2D eigenvalue weighted by Gasteiger charge is -2.26. The van der Waals surface area contributed by atoms with Crippen molar-refractivity contribution in [2.45, 2.75) is 52.5 Å². The van der Waals surface area contributed by atoms with Crippen LogP contribution in [-0.2, 0) is 6.42 Å². The van der Waals surface area contributed by atoms with Gasteiger partial charge in [-0.25, -0.2) is 0 Å². The number of nitrogens with one attached hydrogen (secondary N) is 1. The Morgan fingerprint density at radius 2 is 2.00 bits per heavy atom. The minimum Gasteiger partial charge on any atom is -0.496 e. The van der Waals surface area contributed by atoms with Crippen LogP contribution in [0, 0.1) is 20.8 Å². The number of rotatable bonds is 3. The van der Waals surface area contributed by atoms with Crippen LogP contribution in [0.25, 0.3) is 0 Å². The topological polar surface area (TPSA) is 21.3 Å². The van der Waals surface area contributed by atoms with E-state index in [0.717, 1.165) is 18.7 Å². The van der Waals surface area contributed by atoms with Crippen molar-refractivity contribution in [2.24, 2.45) is 0 Å². The minimum absolute atomic E-state index is 0.619. The van der Waals surface area contributed by atoms with Gasteiger partial charge in [0.25, 0.3) is 0 Å². The van der Waals surface area contributed by atoms with E-state index in [0.29, 0.717) is 6.04 Å². The lowest BCUT2D eigenvalue weighted by atomic mass is 9.91. The summed E-state index contributed by atoms with van der Waals surface area (Å²) >= 11 is 0. The van der Waals surface area contributed by atoms with E-state index in [1.54, 1.807) is 7.11 Å². The summed E-state index contributed by atoms with van der Waals surface area (Å²) in [5.74, 6) is 1.10. The van der Waals surface area contributed by atoms with E-state index in [4.69, 9.17) is 4.74 Å². The average Bonchev–Trinajstić information content (AvgIpc) is 2.37. The second kappa shape index (κ2) is 5.75. The molecule has 0 spiro atoms. The highest BCUT2D eigenvalue weighted by Crippen LogP contribution is 2.31. The first-order valence-corrected chi connectivity index (χ1v) is 7.00. The van der Waals surface area contributed by atoms with Gasteiger partial charge in [-0.05, 0) is 68.8 Å². The van der Waals surface area contributed by atoms with E-state index in [2.05, 4.69) is 32.2 Å². The number of benzene rings is 1. The third kappa shape index (κ3) is 2.69. The molecule has 0 saturated carbocycles. The first-order chi connectivity index (χ1) is 8.63. The maximum Gasteiger partial charge on any atom is 0.125 e. The molecule has 0 radical (unpaired) electrons. The number of piperidine rings is 1. The SMILES string of the molecule is COc1c(C)c(C)cc(C)c1CC1CCCCN1. The molecule has 1 aromatic rings. The van der Waals surface area contributed by atoms with Gasteiger partial charge < -0.3 is 10.1 Å². The first-order valence-electron chi connectivity index (χ1n) is 7.00. The Balaban J connectivity index is 2.28. The molecule has 1 heterocycles. The number of methoxy groups -OCH3 is 1. The molecule has 2 heteroatoms. The molecule has 1 aliphatic heterocycles. The molecule has 0 bridgehead atoms. The van der Waals surface area contributed by atoms with Gasteiger partial charge in [0.1, 0.15) is 5.75 Å². The van der Waals surface area contributed by atoms with E-state index >= 15 is 0 Å². The highest BCUT2D eigenvalue weighted by molar-refractivity contribution is 5.50. The summed E-state index contributed by atoms with van der Waals surface area (Å²) in [7, 11) is 1.79. The van der Waals surface area contributed by atoms with Crippen molar-refractivity contribution in [1.82, 2.24) is 5.32 Å². The van der Waals surface area contributed by atoms with Gasteiger partial charge in [-0.3, -0.25) is 0 Å². The Hall–Kier alpha value is -1.02. The molecule has 0 amide bonds.